The summed E-state index contributed by atoms with van der Waals surface area (Å²) in [6.07, 6.45) is 1.71. The van der Waals surface area contributed by atoms with E-state index < -0.39 is 0 Å². The topological polar surface area (TPSA) is 22.1 Å². The van der Waals surface area contributed by atoms with Crippen molar-refractivity contribution >= 4 is 22.5 Å². The fraction of sp³-hybridized carbons (Fsp3) is 0.154. The second-order valence-electron chi connectivity index (χ2n) is 3.54. The number of alkyl halides is 1. The molecule has 1 aromatic heterocycles. The van der Waals surface area contributed by atoms with Gasteiger partial charge in [0, 0.05) is 11.3 Å². The lowest BCUT2D eigenvalue weighted by molar-refractivity contribution is 0.352. The molecule has 3 heteroatoms. The van der Waals surface area contributed by atoms with E-state index in [1.54, 1.807) is 6.20 Å². The van der Waals surface area contributed by atoms with Crippen LogP contribution >= 0.6 is 11.6 Å². The number of fused-ring (bicyclic) bond motifs is 1. The summed E-state index contributed by atoms with van der Waals surface area (Å²) in [6, 6.07) is 9.88. The first-order valence-electron chi connectivity index (χ1n) is 5.00. The van der Waals surface area contributed by atoms with Crippen LogP contribution in [-0.2, 0) is 0 Å². The van der Waals surface area contributed by atoms with E-state index in [4.69, 9.17) is 16.3 Å². The number of rotatable bonds is 4. The molecule has 0 N–H and O–H groups in total. The van der Waals surface area contributed by atoms with Crippen molar-refractivity contribution in [2.24, 2.45) is 0 Å². The Hall–Kier alpha value is -1.54. The molecule has 2 aromatic rings. The Kier molecular flexibility index (Phi) is 3.42. The molecule has 82 valence electrons. The molecule has 0 aliphatic heterocycles. The van der Waals surface area contributed by atoms with Gasteiger partial charge in [0.15, 0.2) is 0 Å². The zero-order valence-electron chi connectivity index (χ0n) is 8.82. The van der Waals surface area contributed by atoms with Crippen molar-refractivity contribution in [1.82, 2.24) is 4.98 Å². The Morgan fingerprint density at radius 2 is 2.19 bits per heavy atom. The van der Waals surface area contributed by atoms with Crippen molar-refractivity contribution in [2.45, 2.75) is 0 Å². The van der Waals surface area contributed by atoms with Crippen molar-refractivity contribution < 1.29 is 4.74 Å². The summed E-state index contributed by atoms with van der Waals surface area (Å²) in [5.74, 6) is 1.16. The number of ether oxygens (including phenoxy) is 1. The van der Waals surface area contributed by atoms with Crippen molar-refractivity contribution in [3.05, 3.63) is 48.7 Å². The first kappa shape index (κ1) is 11.0. The number of benzene rings is 1. The van der Waals surface area contributed by atoms with Crippen molar-refractivity contribution in [3.63, 3.8) is 0 Å². The molecule has 0 spiro atoms. The average molecular weight is 234 g/mol. The summed E-state index contributed by atoms with van der Waals surface area (Å²) in [4.78, 5) is 4.30. The van der Waals surface area contributed by atoms with Crippen LogP contribution < -0.4 is 4.74 Å². The van der Waals surface area contributed by atoms with Crippen LogP contribution in [0.1, 0.15) is 0 Å². The molecule has 0 saturated carbocycles. The van der Waals surface area contributed by atoms with Crippen LogP contribution in [0.2, 0.25) is 0 Å². The molecule has 0 bridgehead atoms. The smallest absolute Gasteiger partial charge is 0.138 e. The molecule has 1 aromatic carbocycles. The molecule has 0 saturated heterocycles. The summed E-state index contributed by atoms with van der Waals surface area (Å²) < 4.78 is 5.52. The molecule has 0 unspecified atom stereocenters. The highest BCUT2D eigenvalue weighted by molar-refractivity contribution is 6.19. The zero-order chi connectivity index (χ0) is 11.4. The highest BCUT2D eigenvalue weighted by Gasteiger charge is 1.99. The second kappa shape index (κ2) is 4.99. The molecule has 0 amide bonds. The van der Waals surface area contributed by atoms with Crippen molar-refractivity contribution in [3.8, 4) is 5.75 Å². The van der Waals surface area contributed by atoms with E-state index in [9.17, 15) is 0 Å². The van der Waals surface area contributed by atoms with Gasteiger partial charge >= 0.3 is 0 Å². The summed E-state index contributed by atoms with van der Waals surface area (Å²) in [5, 5.41) is 1.07. The molecular weight excluding hydrogens is 222 g/mol. The van der Waals surface area contributed by atoms with Crippen LogP contribution in [0, 0.1) is 0 Å². The third-order valence-electron chi connectivity index (χ3n) is 2.20. The Bertz CT molecular complexity index is 510. The fourth-order valence-corrected chi connectivity index (χ4v) is 1.43. The average Bonchev–Trinajstić information content (AvgIpc) is 2.35. The lowest BCUT2D eigenvalue weighted by Crippen LogP contribution is -2.01. The summed E-state index contributed by atoms with van der Waals surface area (Å²) >= 11 is 5.62. The molecule has 1 heterocycles. The Labute approximate surface area is 99.5 Å². The molecule has 0 atom stereocenters. The molecular formula is C13H12ClNO. The quantitative estimate of drug-likeness (QED) is 0.597. The standard InChI is InChI=1S/C13H12ClNO/c1-10(7-14)9-16-12-6-11-4-2-3-5-13(11)15-8-12/h2-6,8H,1,7,9H2. The summed E-state index contributed by atoms with van der Waals surface area (Å²) in [6.45, 7) is 4.21. The monoisotopic (exact) mass is 233 g/mol. The van der Waals surface area contributed by atoms with Crippen LogP contribution in [0.3, 0.4) is 0 Å². The Morgan fingerprint density at radius 3 is 3.00 bits per heavy atom. The lowest BCUT2D eigenvalue weighted by Gasteiger charge is -2.06. The van der Waals surface area contributed by atoms with Gasteiger partial charge in [0.1, 0.15) is 12.4 Å². The Balaban J connectivity index is 2.16. The fourth-order valence-electron chi connectivity index (χ4n) is 1.35. The maximum atomic E-state index is 5.62. The lowest BCUT2D eigenvalue weighted by atomic mass is 10.2. The first-order valence-corrected chi connectivity index (χ1v) is 5.53. The van der Waals surface area contributed by atoms with E-state index in [0.717, 1.165) is 22.2 Å². The minimum atomic E-state index is 0.418. The number of hydrogen-bond donors (Lipinski definition) is 0. The third-order valence-corrected chi connectivity index (χ3v) is 2.58. The molecule has 2 rings (SSSR count). The van der Waals surface area contributed by atoms with E-state index in [0.29, 0.717) is 12.5 Å². The van der Waals surface area contributed by atoms with Gasteiger partial charge in [-0.3, -0.25) is 4.98 Å². The van der Waals surface area contributed by atoms with E-state index in [1.807, 2.05) is 30.3 Å². The third kappa shape index (κ3) is 2.52. The molecule has 0 fully saturated rings. The van der Waals surface area contributed by atoms with Crippen molar-refractivity contribution in [2.75, 3.05) is 12.5 Å². The van der Waals surface area contributed by atoms with Gasteiger partial charge in [-0.2, -0.15) is 0 Å². The summed E-state index contributed by atoms with van der Waals surface area (Å²) in [5.41, 5.74) is 1.82. The summed E-state index contributed by atoms with van der Waals surface area (Å²) in [7, 11) is 0. The van der Waals surface area contributed by atoms with Crippen LogP contribution in [0.5, 0.6) is 5.75 Å². The molecule has 16 heavy (non-hydrogen) atoms. The SMILES string of the molecule is C=C(CCl)COc1cnc2ccccc2c1. The van der Waals surface area contributed by atoms with Crippen LogP contribution in [0.4, 0.5) is 0 Å². The van der Waals surface area contributed by atoms with Crippen LogP contribution in [-0.4, -0.2) is 17.5 Å². The van der Waals surface area contributed by atoms with Gasteiger partial charge in [-0.25, -0.2) is 0 Å². The molecule has 0 aliphatic rings. The number of pyridine rings is 1. The number of nitrogens with zero attached hydrogens (tertiary/aromatic N) is 1. The predicted octanol–water partition coefficient (Wildman–Crippen LogP) is 3.41. The predicted molar refractivity (Wildman–Crippen MR) is 67.1 cm³/mol. The largest absolute Gasteiger partial charge is 0.488 e. The minimum absolute atomic E-state index is 0.418. The van der Waals surface area contributed by atoms with E-state index in [-0.39, 0.29) is 0 Å². The van der Waals surface area contributed by atoms with Crippen LogP contribution in [0.25, 0.3) is 10.9 Å². The van der Waals surface area contributed by atoms with Crippen LogP contribution in [0.15, 0.2) is 48.7 Å². The second-order valence-corrected chi connectivity index (χ2v) is 3.80. The Morgan fingerprint density at radius 1 is 1.38 bits per heavy atom. The van der Waals surface area contributed by atoms with Gasteiger partial charge in [0.05, 0.1) is 11.7 Å². The maximum Gasteiger partial charge on any atom is 0.138 e. The van der Waals surface area contributed by atoms with Gasteiger partial charge in [0.25, 0.3) is 0 Å². The number of hydrogen-bond acceptors (Lipinski definition) is 2. The van der Waals surface area contributed by atoms with Gasteiger partial charge in [-0.05, 0) is 17.7 Å². The maximum absolute atomic E-state index is 5.62. The zero-order valence-corrected chi connectivity index (χ0v) is 9.57. The first-order chi connectivity index (χ1) is 7.79. The molecule has 2 nitrogen and oxygen atoms in total. The molecule has 0 aliphatic carbocycles. The number of halogens is 1. The number of aromatic nitrogens is 1. The van der Waals surface area contributed by atoms with Gasteiger partial charge in [0.2, 0.25) is 0 Å². The van der Waals surface area contributed by atoms with Gasteiger partial charge in [-0.1, -0.05) is 24.8 Å². The van der Waals surface area contributed by atoms with E-state index >= 15 is 0 Å². The number of para-hydroxylation sites is 1. The van der Waals surface area contributed by atoms with E-state index in [1.165, 1.54) is 0 Å². The van der Waals surface area contributed by atoms with E-state index in [2.05, 4.69) is 11.6 Å². The minimum Gasteiger partial charge on any atom is -0.488 e. The normalized spacial score (nSPS) is 10.3. The highest BCUT2D eigenvalue weighted by atomic mass is 35.5. The molecule has 0 radical (unpaired) electrons. The van der Waals surface area contributed by atoms with Gasteiger partial charge < -0.3 is 4.74 Å². The van der Waals surface area contributed by atoms with Crippen molar-refractivity contribution in [1.29, 1.82) is 0 Å². The highest BCUT2D eigenvalue weighted by Crippen LogP contribution is 2.18. The van der Waals surface area contributed by atoms with Gasteiger partial charge in [-0.15, -0.1) is 11.6 Å².